The first-order valence-electron chi connectivity index (χ1n) is 14.9. The molecule has 1 aliphatic heterocycles. The smallest absolute Gasteiger partial charge is 0.129 e. The molecule has 0 amide bonds. The van der Waals surface area contributed by atoms with Crippen LogP contribution in [0.4, 0.5) is 0 Å². The van der Waals surface area contributed by atoms with E-state index < -0.39 is 0 Å². The molecule has 2 nitrogen and oxygen atoms in total. The largest absolute Gasteiger partial charge is 0.487 e. The van der Waals surface area contributed by atoms with Gasteiger partial charge in [0.05, 0.1) is 6.61 Å². The lowest BCUT2D eigenvalue weighted by molar-refractivity contribution is -0.00910. The van der Waals surface area contributed by atoms with Crippen molar-refractivity contribution >= 4 is 0 Å². The van der Waals surface area contributed by atoms with Gasteiger partial charge in [-0.15, -0.1) is 0 Å². The molecule has 1 aromatic rings. The van der Waals surface area contributed by atoms with E-state index in [2.05, 4.69) is 32.0 Å². The molecule has 0 N–H and O–H groups in total. The number of rotatable bonds is 6. The Morgan fingerprint density at radius 3 is 1.65 bits per heavy atom. The van der Waals surface area contributed by atoms with Crippen molar-refractivity contribution in [2.75, 3.05) is 6.61 Å². The van der Waals surface area contributed by atoms with E-state index in [0.29, 0.717) is 22.9 Å². The first kappa shape index (κ1) is 21.1. The first-order valence-corrected chi connectivity index (χ1v) is 14.9. The van der Waals surface area contributed by atoms with Gasteiger partial charge in [-0.2, -0.15) is 0 Å². The van der Waals surface area contributed by atoms with Crippen LogP contribution in [0.15, 0.2) is 18.2 Å². The van der Waals surface area contributed by atoms with Crippen molar-refractivity contribution in [3.63, 3.8) is 0 Å². The van der Waals surface area contributed by atoms with Gasteiger partial charge in [-0.05, 0) is 141 Å². The number of hydrogen-bond donors (Lipinski definition) is 0. The highest BCUT2D eigenvalue weighted by molar-refractivity contribution is 5.47. The van der Waals surface area contributed by atoms with E-state index >= 15 is 0 Å². The molecule has 1 aromatic carbocycles. The summed E-state index contributed by atoms with van der Waals surface area (Å²) in [5.74, 6) is 7.62. The third-order valence-electron chi connectivity index (χ3n) is 11.9. The SMILES string of the molecule is CC(C)C(Oc1cc(C23CC4CC(CC(C4)C2)C3)ccc1C12CC3CC(CC(C3)C1)C2)C1CO1. The average molecular weight is 461 g/mol. The molecule has 184 valence electrons. The summed E-state index contributed by atoms with van der Waals surface area (Å²) in [7, 11) is 0. The molecule has 10 rings (SSSR count). The molecule has 0 radical (unpaired) electrons. The summed E-state index contributed by atoms with van der Waals surface area (Å²) >= 11 is 0. The van der Waals surface area contributed by atoms with Crippen LogP contribution in [0.2, 0.25) is 0 Å². The Morgan fingerprint density at radius 1 is 0.735 bits per heavy atom. The summed E-state index contributed by atoms with van der Waals surface area (Å²) in [5, 5.41) is 0. The van der Waals surface area contributed by atoms with E-state index in [4.69, 9.17) is 9.47 Å². The third-order valence-corrected chi connectivity index (χ3v) is 11.9. The van der Waals surface area contributed by atoms with Crippen LogP contribution in [-0.2, 0) is 15.6 Å². The second-order valence-electron chi connectivity index (χ2n) is 14.8. The fraction of sp³-hybridized carbons (Fsp3) is 0.812. The molecule has 0 spiro atoms. The van der Waals surface area contributed by atoms with Crippen molar-refractivity contribution in [2.24, 2.45) is 41.4 Å². The summed E-state index contributed by atoms with van der Waals surface area (Å²) in [4.78, 5) is 0. The summed E-state index contributed by atoms with van der Waals surface area (Å²) in [6.07, 6.45) is 18.1. The average Bonchev–Trinajstić information content (AvgIpc) is 3.60. The number of benzene rings is 1. The highest BCUT2D eigenvalue weighted by Crippen LogP contribution is 2.64. The van der Waals surface area contributed by atoms with Crippen molar-refractivity contribution < 1.29 is 9.47 Å². The van der Waals surface area contributed by atoms with Crippen molar-refractivity contribution in [1.29, 1.82) is 0 Å². The Morgan fingerprint density at radius 2 is 1.21 bits per heavy atom. The predicted octanol–water partition coefficient (Wildman–Crippen LogP) is 7.42. The minimum atomic E-state index is 0.194. The number of epoxide rings is 1. The molecule has 9 aliphatic rings. The van der Waals surface area contributed by atoms with E-state index in [-0.39, 0.29) is 6.10 Å². The highest BCUT2D eigenvalue weighted by atomic mass is 16.6. The molecule has 34 heavy (non-hydrogen) atoms. The monoisotopic (exact) mass is 460 g/mol. The van der Waals surface area contributed by atoms with Crippen LogP contribution in [-0.4, -0.2) is 18.8 Å². The van der Waals surface area contributed by atoms with Crippen LogP contribution in [0.5, 0.6) is 5.75 Å². The lowest BCUT2D eigenvalue weighted by Crippen LogP contribution is -2.49. The molecule has 8 bridgehead atoms. The summed E-state index contributed by atoms with van der Waals surface area (Å²) in [6.45, 7) is 5.52. The van der Waals surface area contributed by atoms with Gasteiger partial charge in [0.15, 0.2) is 0 Å². The molecule has 2 heteroatoms. The van der Waals surface area contributed by atoms with Gasteiger partial charge >= 0.3 is 0 Å². The van der Waals surface area contributed by atoms with Crippen molar-refractivity contribution in [1.82, 2.24) is 0 Å². The lowest BCUT2D eigenvalue weighted by atomic mass is 9.47. The van der Waals surface area contributed by atoms with E-state index in [0.717, 1.165) is 42.1 Å². The van der Waals surface area contributed by atoms with Gasteiger partial charge in [0.25, 0.3) is 0 Å². The molecule has 8 saturated carbocycles. The summed E-state index contributed by atoms with van der Waals surface area (Å²) in [5.41, 5.74) is 4.05. The first-order chi connectivity index (χ1) is 16.5. The molecule has 0 aromatic heterocycles. The number of ether oxygens (including phenoxy) is 2. The van der Waals surface area contributed by atoms with Crippen molar-refractivity contribution in [3.8, 4) is 5.75 Å². The molecule has 8 aliphatic carbocycles. The van der Waals surface area contributed by atoms with Gasteiger partial charge in [0.2, 0.25) is 0 Å². The normalized spacial score (nSPS) is 48.5. The molecule has 1 heterocycles. The van der Waals surface area contributed by atoms with Gasteiger partial charge in [-0.1, -0.05) is 26.0 Å². The summed E-state index contributed by atoms with van der Waals surface area (Å²) < 4.78 is 12.9. The Balaban J connectivity index is 1.21. The summed E-state index contributed by atoms with van der Waals surface area (Å²) in [6, 6.07) is 7.80. The van der Waals surface area contributed by atoms with Crippen molar-refractivity contribution in [2.45, 2.75) is 114 Å². The maximum Gasteiger partial charge on any atom is 0.129 e. The van der Waals surface area contributed by atoms with Crippen LogP contribution in [0, 0.1) is 41.4 Å². The highest BCUT2D eigenvalue weighted by Gasteiger charge is 2.54. The van der Waals surface area contributed by atoms with Gasteiger partial charge in [-0.3, -0.25) is 0 Å². The molecule has 2 atom stereocenters. The third kappa shape index (κ3) is 3.22. The topological polar surface area (TPSA) is 21.8 Å². The van der Waals surface area contributed by atoms with Gasteiger partial charge in [-0.25, -0.2) is 0 Å². The lowest BCUT2D eigenvalue weighted by Gasteiger charge is -2.58. The van der Waals surface area contributed by atoms with Gasteiger partial charge in [0, 0.05) is 5.56 Å². The zero-order valence-corrected chi connectivity index (χ0v) is 21.4. The van der Waals surface area contributed by atoms with Crippen LogP contribution in [0.25, 0.3) is 0 Å². The van der Waals surface area contributed by atoms with Gasteiger partial charge < -0.3 is 9.47 Å². The zero-order chi connectivity index (χ0) is 22.7. The van der Waals surface area contributed by atoms with Crippen LogP contribution >= 0.6 is 0 Å². The Kier molecular flexibility index (Phi) is 4.51. The zero-order valence-electron chi connectivity index (χ0n) is 21.4. The van der Waals surface area contributed by atoms with Gasteiger partial charge in [0.1, 0.15) is 18.0 Å². The molecule has 1 saturated heterocycles. The van der Waals surface area contributed by atoms with Crippen LogP contribution in [0.3, 0.4) is 0 Å². The second-order valence-corrected chi connectivity index (χ2v) is 14.8. The Bertz CT molecular complexity index is 899. The van der Waals surface area contributed by atoms with E-state index in [1.54, 1.807) is 11.1 Å². The number of hydrogen-bond acceptors (Lipinski definition) is 2. The Hall–Kier alpha value is -1.02. The molecule has 2 unspecified atom stereocenters. The van der Waals surface area contributed by atoms with Crippen LogP contribution < -0.4 is 4.74 Å². The fourth-order valence-corrected chi connectivity index (χ4v) is 11.3. The molecule has 9 fully saturated rings. The minimum Gasteiger partial charge on any atom is -0.487 e. The van der Waals surface area contributed by atoms with Crippen LogP contribution in [0.1, 0.15) is 102 Å². The maximum atomic E-state index is 7.10. The minimum absolute atomic E-state index is 0.194. The van der Waals surface area contributed by atoms with E-state index in [1.165, 1.54) is 82.8 Å². The second kappa shape index (κ2) is 7.27. The Labute approximate surface area is 206 Å². The van der Waals surface area contributed by atoms with E-state index in [1.807, 2.05) is 0 Å². The molecular formula is C32H44O2. The maximum absolute atomic E-state index is 7.10. The standard InChI is InChI=1S/C32H44O2/c1-19(2)30(29-18-33-29)34-28-11-26(31-12-20-5-21(13-31)7-22(6-20)14-31)3-4-27(28)32-15-23-8-24(16-32)10-25(9-23)17-32/h3-4,11,19-25,29-30H,5-10,12-18H2,1-2H3. The predicted molar refractivity (Wildman–Crippen MR) is 135 cm³/mol. The quantitative estimate of drug-likeness (QED) is 0.412. The van der Waals surface area contributed by atoms with Crippen molar-refractivity contribution in [3.05, 3.63) is 29.3 Å². The van der Waals surface area contributed by atoms with E-state index in [9.17, 15) is 0 Å². The molecular weight excluding hydrogens is 416 g/mol. The fourth-order valence-electron chi connectivity index (χ4n) is 11.3.